The number of aliphatic hydroxyl groups is 1. The normalized spacial score (nSPS) is 21.0. The van der Waals surface area contributed by atoms with E-state index in [9.17, 15) is 13.2 Å². The maximum absolute atomic E-state index is 12.6. The highest BCUT2D eigenvalue weighted by molar-refractivity contribution is 6.20. The van der Waals surface area contributed by atoms with Gasteiger partial charge in [0.2, 0.25) is 5.63 Å². The smallest absolute Gasteiger partial charge is 0.320 e. The molecule has 0 radical (unpaired) electrons. The van der Waals surface area contributed by atoms with Gasteiger partial charge in [-0.3, -0.25) is 0 Å². The van der Waals surface area contributed by atoms with Crippen molar-refractivity contribution in [2.24, 2.45) is 0 Å². The van der Waals surface area contributed by atoms with Crippen LogP contribution in [0.1, 0.15) is 20.3 Å². The quantitative estimate of drug-likeness (QED) is 0.678. The lowest BCUT2D eigenvalue weighted by atomic mass is 9.96. The van der Waals surface area contributed by atoms with Gasteiger partial charge in [-0.2, -0.15) is 8.78 Å². The number of alkyl halides is 4. The molecule has 11 heavy (non-hydrogen) atoms. The molecule has 0 aliphatic heterocycles. The van der Waals surface area contributed by atoms with Crippen molar-refractivity contribution < 1.29 is 18.3 Å². The Hall–Kier alpha value is 0.0400. The molecule has 1 nitrogen and oxygen atoms in total. The van der Waals surface area contributed by atoms with Crippen LogP contribution in [-0.4, -0.2) is 22.3 Å². The maximum Gasteiger partial charge on any atom is 0.320 e. The predicted octanol–water partition coefficient (Wildman–Crippen LogP) is 2.32. The van der Waals surface area contributed by atoms with Crippen LogP contribution in [0, 0.1) is 0 Å². The third-order valence-electron chi connectivity index (χ3n) is 1.68. The average Bonchev–Trinajstić information content (AvgIpc) is 1.87. The molecule has 0 amide bonds. The summed E-state index contributed by atoms with van der Waals surface area (Å²) in [6, 6.07) is 0. The third-order valence-corrected chi connectivity index (χ3v) is 1.95. The summed E-state index contributed by atoms with van der Waals surface area (Å²) in [4.78, 5) is 0. The fourth-order valence-corrected chi connectivity index (χ4v) is 0.706. The minimum absolute atomic E-state index is 0.257. The van der Waals surface area contributed by atoms with E-state index in [1.807, 2.05) is 0 Å². The van der Waals surface area contributed by atoms with Gasteiger partial charge in [0.25, 0.3) is 0 Å². The molecule has 0 aliphatic rings. The number of rotatable bonds is 3. The van der Waals surface area contributed by atoms with Gasteiger partial charge in [-0.1, -0.05) is 18.5 Å². The van der Waals surface area contributed by atoms with E-state index >= 15 is 0 Å². The van der Waals surface area contributed by atoms with Gasteiger partial charge in [0.1, 0.15) is 5.60 Å². The lowest BCUT2D eigenvalue weighted by Crippen LogP contribution is -2.49. The Balaban J connectivity index is 4.53. The summed E-state index contributed by atoms with van der Waals surface area (Å²) in [6.45, 7) is 2.18. The number of hydrogen-bond acceptors (Lipinski definition) is 1. The standard InChI is InChI=1S/C6H10ClF3O/c1-3-5(2,11)6(9,10)4(7)8/h4,11H,3H2,1-2H3. The van der Waals surface area contributed by atoms with Crippen molar-refractivity contribution >= 4 is 11.6 Å². The molecule has 0 fully saturated rings. The third kappa shape index (κ3) is 1.99. The van der Waals surface area contributed by atoms with Gasteiger partial charge in [0, 0.05) is 0 Å². The first-order valence-electron chi connectivity index (χ1n) is 3.14. The van der Waals surface area contributed by atoms with Crippen molar-refractivity contribution in [2.45, 2.75) is 37.4 Å². The van der Waals surface area contributed by atoms with Crippen LogP contribution >= 0.6 is 11.6 Å². The number of halogens is 4. The lowest BCUT2D eigenvalue weighted by Gasteiger charge is -2.31. The van der Waals surface area contributed by atoms with Crippen LogP contribution in [0.3, 0.4) is 0 Å². The molecule has 0 aromatic carbocycles. The SMILES string of the molecule is CCC(C)(O)C(F)(F)C(F)Cl. The second-order valence-electron chi connectivity index (χ2n) is 2.55. The molecule has 0 aromatic rings. The Labute approximate surface area is 68.2 Å². The van der Waals surface area contributed by atoms with Crippen molar-refractivity contribution in [3.63, 3.8) is 0 Å². The Morgan fingerprint density at radius 1 is 1.55 bits per heavy atom. The van der Waals surface area contributed by atoms with Crippen LogP contribution in [-0.2, 0) is 0 Å². The van der Waals surface area contributed by atoms with Crippen LogP contribution in [0.15, 0.2) is 0 Å². The predicted molar refractivity (Wildman–Crippen MR) is 36.6 cm³/mol. The summed E-state index contributed by atoms with van der Waals surface area (Å²) in [5.74, 6) is -3.90. The molecule has 0 spiro atoms. The van der Waals surface area contributed by atoms with Gasteiger partial charge in [0.05, 0.1) is 0 Å². The summed E-state index contributed by atoms with van der Waals surface area (Å²) < 4.78 is 37.2. The minimum Gasteiger partial charge on any atom is -0.384 e. The summed E-state index contributed by atoms with van der Waals surface area (Å²) >= 11 is 4.56. The fourth-order valence-electron chi connectivity index (χ4n) is 0.471. The second kappa shape index (κ2) is 3.19. The molecule has 0 bridgehead atoms. The molecule has 0 aliphatic carbocycles. The summed E-state index contributed by atoms with van der Waals surface area (Å²) in [6.07, 6.45) is -0.257. The zero-order chi connectivity index (χ0) is 9.28. The first kappa shape index (κ1) is 11.0. The maximum atomic E-state index is 12.6. The molecule has 0 saturated carbocycles. The Morgan fingerprint density at radius 2 is 1.91 bits per heavy atom. The second-order valence-corrected chi connectivity index (χ2v) is 2.93. The van der Waals surface area contributed by atoms with Crippen molar-refractivity contribution in [1.29, 1.82) is 0 Å². The van der Waals surface area contributed by atoms with Gasteiger partial charge < -0.3 is 5.11 Å². The Kier molecular flexibility index (Phi) is 3.20. The molecular weight excluding hydrogens is 181 g/mol. The molecule has 5 heteroatoms. The molecule has 0 aromatic heterocycles. The van der Waals surface area contributed by atoms with Gasteiger partial charge in [-0.15, -0.1) is 0 Å². The highest BCUT2D eigenvalue weighted by atomic mass is 35.5. The Morgan fingerprint density at radius 3 is 2.00 bits per heavy atom. The first-order valence-corrected chi connectivity index (χ1v) is 3.57. The van der Waals surface area contributed by atoms with E-state index in [-0.39, 0.29) is 6.42 Å². The monoisotopic (exact) mass is 190 g/mol. The van der Waals surface area contributed by atoms with Crippen LogP contribution < -0.4 is 0 Å². The van der Waals surface area contributed by atoms with E-state index in [0.717, 1.165) is 6.92 Å². The topological polar surface area (TPSA) is 20.2 Å². The van der Waals surface area contributed by atoms with E-state index in [4.69, 9.17) is 5.11 Å². The highest BCUT2D eigenvalue weighted by Crippen LogP contribution is 2.37. The van der Waals surface area contributed by atoms with Crippen molar-refractivity contribution in [3.8, 4) is 0 Å². The molecule has 0 rings (SSSR count). The van der Waals surface area contributed by atoms with E-state index in [2.05, 4.69) is 11.6 Å². The molecule has 1 N–H and O–H groups in total. The summed E-state index contributed by atoms with van der Waals surface area (Å²) in [7, 11) is 0. The van der Waals surface area contributed by atoms with Crippen LogP contribution in [0.25, 0.3) is 0 Å². The number of hydrogen-bond donors (Lipinski definition) is 1. The van der Waals surface area contributed by atoms with E-state index < -0.39 is 17.2 Å². The van der Waals surface area contributed by atoms with Crippen molar-refractivity contribution in [2.75, 3.05) is 0 Å². The summed E-state index contributed by atoms with van der Waals surface area (Å²) in [5, 5.41) is 8.95. The minimum atomic E-state index is -3.90. The molecule has 2 atom stereocenters. The zero-order valence-corrected chi connectivity index (χ0v) is 7.00. The molecular formula is C6H10ClF3O. The fraction of sp³-hybridized carbons (Fsp3) is 1.00. The van der Waals surface area contributed by atoms with Gasteiger partial charge >= 0.3 is 5.92 Å². The highest BCUT2D eigenvalue weighted by Gasteiger charge is 2.53. The van der Waals surface area contributed by atoms with Gasteiger partial charge in [-0.05, 0) is 13.3 Å². The van der Waals surface area contributed by atoms with Crippen molar-refractivity contribution in [3.05, 3.63) is 0 Å². The van der Waals surface area contributed by atoms with E-state index in [0.29, 0.717) is 0 Å². The first-order chi connectivity index (χ1) is 4.75. The molecule has 68 valence electrons. The van der Waals surface area contributed by atoms with Crippen molar-refractivity contribution in [1.82, 2.24) is 0 Å². The van der Waals surface area contributed by atoms with Gasteiger partial charge in [-0.25, -0.2) is 4.39 Å². The molecule has 0 saturated heterocycles. The summed E-state index contributed by atoms with van der Waals surface area (Å²) in [5.41, 5.74) is -5.23. The van der Waals surface area contributed by atoms with Crippen LogP contribution in [0.2, 0.25) is 0 Å². The zero-order valence-electron chi connectivity index (χ0n) is 6.24. The largest absolute Gasteiger partial charge is 0.384 e. The van der Waals surface area contributed by atoms with E-state index in [1.165, 1.54) is 6.92 Å². The average molecular weight is 191 g/mol. The van der Waals surface area contributed by atoms with E-state index in [1.54, 1.807) is 0 Å². The van der Waals surface area contributed by atoms with Crippen LogP contribution in [0.5, 0.6) is 0 Å². The van der Waals surface area contributed by atoms with Gasteiger partial charge in [0.15, 0.2) is 0 Å². The Bertz CT molecular complexity index is 136. The molecule has 0 heterocycles. The van der Waals surface area contributed by atoms with Crippen LogP contribution in [0.4, 0.5) is 13.2 Å². The lowest BCUT2D eigenvalue weighted by molar-refractivity contribution is -0.190. The molecule has 2 unspecified atom stereocenters.